The SMILES string of the molecule is CC(=O)Oc1ccc(SCC(=O)NC2CCSC2=O)cc1. The highest BCUT2D eigenvalue weighted by Crippen LogP contribution is 2.22. The quantitative estimate of drug-likeness (QED) is 0.506. The second-order valence-electron chi connectivity index (χ2n) is 4.43. The Hall–Kier alpha value is -1.47. The molecule has 1 saturated heterocycles. The average Bonchev–Trinajstić information content (AvgIpc) is 2.83. The molecule has 21 heavy (non-hydrogen) atoms. The third kappa shape index (κ3) is 5.09. The molecule has 1 fully saturated rings. The summed E-state index contributed by atoms with van der Waals surface area (Å²) in [6, 6.07) is 6.59. The lowest BCUT2D eigenvalue weighted by atomic mass is 10.2. The van der Waals surface area contributed by atoms with E-state index in [1.165, 1.54) is 30.4 Å². The van der Waals surface area contributed by atoms with Crippen LogP contribution in [0.4, 0.5) is 0 Å². The van der Waals surface area contributed by atoms with E-state index in [1.54, 1.807) is 24.3 Å². The molecule has 0 saturated carbocycles. The Balaban J connectivity index is 1.78. The summed E-state index contributed by atoms with van der Waals surface area (Å²) < 4.78 is 4.93. The summed E-state index contributed by atoms with van der Waals surface area (Å²) in [6.07, 6.45) is 0.705. The van der Waals surface area contributed by atoms with Crippen molar-refractivity contribution < 1.29 is 19.1 Å². The van der Waals surface area contributed by atoms with E-state index in [0.717, 1.165) is 10.6 Å². The fourth-order valence-electron chi connectivity index (χ4n) is 1.78. The molecule has 5 nitrogen and oxygen atoms in total. The second-order valence-corrected chi connectivity index (χ2v) is 6.58. The van der Waals surface area contributed by atoms with E-state index in [9.17, 15) is 14.4 Å². The smallest absolute Gasteiger partial charge is 0.308 e. The summed E-state index contributed by atoms with van der Waals surface area (Å²) in [5, 5.41) is 2.78. The topological polar surface area (TPSA) is 72.5 Å². The zero-order chi connectivity index (χ0) is 15.2. The molecule has 1 atom stereocenters. The van der Waals surface area contributed by atoms with Crippen molar-refractivity contribution in [3.63, 3.8) is 0 Å². The van der Waals surface area contributed by atoms with Crippen molar-refractivity contribution in [2.45, 2.75) is 24.3 Å². The number of benzene rings is 1. The first kappa shape index (κ1) is 15.9. The van der Waals surface area contributed by atoms with E-state index in [2.05, 4.69) is 5.32 Å². The van der Waals surface area contributed by atoms with Crippen molar-refractivity contribution >= 4 is 40.5 Å². The molecule has 1 aliphatic heterocycles. The van der Waals surface area contributed by atoms with E-state index in [4.69, 9.17) is 4.74 Å². The summed E-state index contributed by atoms with van der Waals surface area (Å²) in [5.74, 6) is 0.985. The largest absolute Gasteiger partial charge is 0.427 e. The molecule has 2 rings (SSSR count). The molecule has 0 aromatic heterocycles. The maximum atomic E-state index is 11.8. The minimum atomic E-state index is -0.367. The van der Waals surface area contributed by atoms with Crippen LogP contribution in [0, 0.1) is 0 Å². The maximum absolute atomic E-state index is 11.8. The normalized spacial score (nSPS) is 17.6. The van der Waals surface area contributed by atoms with Gasteiger partial charge in [0.15, 0.2) is 0 Å². The maximum Gasteiger partial charge on any atom is 0.308 e. The number of amides is 1. The second kappa shape index (κ2) is 7.51. The van der Waals surface area contributed by atoms with Gasteiger partial charge in [-0.25, -0.2) is 0 Å². The van der Waals surface area contributed by atoms with Gasteiger partial charge in [0, 0.05) is 17.6 Å². The van der Waals surface area contributed by atoms with Crippen molar-refractivity contribution in [2.24, 2.45) is 0 Å². The Morgan fingerprint density at radius 2 is 2.10 bits per heavy atom. The highest BCUT2D eigenvalue weighted by molar-refractivity contribution is 8.14. The van der Waals surface area contributed by atoms with Gasteiger partial charge in [0.25, 0.3) is 0 Å². The van der Waals surface area contributed by atoms with Crippen molar-refractivity contribution in [3.8, 4) is 5.75 Å². The zero-order valence-electron chi connectivity index (χ0n) is 11.5. The summed E-state index contributed by atoms with van der Waals surface area (Å²) in [6.45, 7) is 1.34. The highest BCUT2D eigenvalue weighted by atomic mass is 32.2. The molecule has 1 heterocycles. The van der Waals surface area contributed by atoms with Crippen molar-refractivity contribution in [1.82, 2.24) is 5.32 Å². The molecule has 1 N–H and O–H groups in total. The van der Waals surface area contributed by atoms with Gasteiger partial charge in [-0.05, 0) is 30.7 Å². The Morgan fingerprint density at radius 3 is 2.67 bits per heavy atom. The van der Waals surface area contributed by atoms with Gasteiger partial charge in [0.05, 0.1) is 11.8 Å². The molecule has 0 radical (unpaired) electrons. The van der Waals surface area contributed by atoms with Crippen LogP contribution in [-0.4, -0.2) is 34.5 Å². The van der Waals surface area contributed by atoms with Crippen LogP contribution in [0.1, 0.15) is 13.3 Å². The monoisotopic (exact) mass is 325 g/mol. The van der Waals surface area contributed by atoms with Gasteiger partial charge in [0.1, 0.15) is 5.75 Å². The number of nitrogens with one attached hydrogen (secondary N) is 1. The minimum absolute atomic E-state index is 0.0408. The first-order chi connectivity index (χ1) is 10.0. The standard InChI is InChI=1S/C14H15NO4S2/c1-9(16)19-10-2-4-11(5-3-10)21-8-13(17)15-12-6-7-20-14(12)18/h2-5,12H,6-8H2,1H3,(H,15,17). The molecule has 1 aromatic rings. The Kier molecular flexibility index (Phi) is 5.69. The van der Waals surface area contributed by atoms with Gasteiger partial charge in [-0.2, -0.15) is 0 Å². The van der Waals surface area contributed by atoms with Crippen LogP contribution < -0.4 is 10.1 Å². The predicted octanol–water partition coefficient (Wildman–Crippen LogP) is 1.85. The lowest BCUT2D eigenvalue weighted by Crippen LogP contribution is -2.38. The fraction of sp³-hybridized carbons (Fsp3) is 0.357. The van der Waals surface area contributed by atoms with Gasteiger partial charge in [-0.1, -0.05) is 11.8 Å². The molecule has 1 aliphatic rings. The molecule has 0 bridgehead atoms. The molecule has 7 heteroatoms. The lowest BCUT2D eigenvalue weighted by molar-refractivity contribution is -0.131. The van der Waals surface area contributed by atoms with Gasteiger partial charge in [0.2, 0.25) is 11.0 Å². The van der Waals surface area contributed by atoms with Crippen LogP contribution in [0.5, 0.6) is 5.75 Å². The average molecular weight is 325 g/mol. The van der Waals surface area contributed by atoms with E-state index in [0.29, 0.717) is 12.2 Å². The number of hydrogen-bond donors (Lipinski definition) is 1. The summed E-state index contributed by atoms with van der Waals surface area (Å²) in [4.78, 5) is 34.9. The van der Waals surface area contributed by atoms with Crippen LogP contribution in [0.15, 0.2) is 29.2 Å². The molecule has 1 unspecified atom stereocenters. The first-order valence-electron chi connectivity index (χ1n) is 6.42. The third-order valence-electron chi connectivity index (χ3n) is 2.73. The number of rotatable bonds is 5. The number of hydrogen-bond acceptors (Lipinski definition) is 6. The van der Waals surface area contributed by atoms with Gasteiger partial charge in [-0.15, -0.1) is 11.8 Å². The van der Waals surface area contributed by atoms with Crippen LogP contribution in [-0.2, 0) is 14.4 Å². The number of carbonyl (C=O) groups is 3. The number of thioether (sulfide) groups is 2. The number of esters is 1. The zero-order valence-corrected chi connectivity index (χ0v) is 13.1. The molecule has 1 amide bonds. The Labute approximate surface area is 131 Å². The third-order valence-corrected chi connectivity index (χ3v) is 4.75. The molecular formula is C14H15NO4S2. The number of ether oxygens (including phenoxy) is 1. The molecule has 1 aromatic carbocycles. The summed E-state index contributed by atoms with van der Waals surface area (Å²) >= 11 is 2.64. The molecule has 112 valence electrons. The minimum Gasteiger partial charge on any atom is -0.427 e. The predicted molar refractivity (Wildman–Crippen MR) is 82.5 cm³/mol. The van der Waals surface area contributed by atoms with Crippen LogP contribution in [0.3, 0.4) is 0 Å². The number of carbonyl (C=O) groups excluding carboxylic acids is 3. The summed E-state index contributed by atoms with van der Waals surface area (Å²) in [7, 11) is 0. The first-order valence-corrected chi connectivity index (χ1v) is 8.39. The van der Waals surface area contributed by atoms with Crippen molar-refractivity contribution in [1.29, 1.82) is 0 Å². The van der Waals surface area contributed by atoms with Crippen molar-refractivity contribution in [2.75, 3.05) is 11.5 Å². The van der Waals surface area contributed by atoms with E-state index < -0.39 is 0 Å². The van der Waals surface area contributed by atoms with Gasteiger partial charge in [-0.3, -0.25) is 14.4 Å². The fourth-order valence-corrected chi connectivity index (χ4v) is 3.42. The van der Waals surface area contributed by atoms with Crippen LogP contribution >= 0.6 is 23.5 Å². The van der Waals surface area contributed by atoms with Gasteiger partial charge >= 0.3 is 5.97 Å². The molecule has 0 aliphatic carbocycles. The highest BCUT2D eigenvalue weighted by Gasteiger charge is 2.26. The lowest BCUT2D eigenvalue weighted by Gasteiger charge is -2.09. The van der Waals surface area contributed by atoms with E-state index >= 15 is 0 Å². The van der Waals surface area contributed by atoms with E-state index in [1.807, 2.05) is 0 Å². The Morgan fingerprint density at radius 1 is 1.38 bits per heavy atom. The summed E-state index contributed by atoms with van der Waals surface area (Å²) in [5.41, 5.74) is 0. The Bertz CT molecular complexity index is 544. The molecular weight excluding hydrogens is 310 g/mol. The van der Waals surface area contributed by atoms with Crippen LogP contribution in [0.25, 0.3) is 0 Å². The van der Waals surface area contributed by atoms with E-state index in [-0.39, 0.29) is 28.8 Å². The van der Waals surface area contributed by atoms with Crippen molar-refractivity contribution in [3.05, 3.63) is 24.3 Å². The molecule has 0 spiro atoms. The van der Waals surface area contributed by atoms with Crippen LogP contribution in [0.2, 0.25) is 0 Å². The van der Waals surface area contributed by atoms with Gasteiger partial charge < -0.3 is 10.1 Å².